The number of para-hydroxylation sites is 3. The van der Waals surface area contributed by atoms with E-state index >= 15 is 0 Å². The van der Waals surface area contributed by atoms with E-state index in [-0.39, 0.29) is 30.7 Å². The van der Waals surface area contributed by atoms with Gasteiger partial charge >= 0.3 is 0 Å². The van der Waals surface area contributed by atoms with E-state index in [9.17, 15) is 14.4 Å². The fourth-order valence-electron chi connectivity index (χ4n) is 4.43. The summed E-state index contributed by atoms with van der Waals surface area (Å²) in [6.45, 7) is 4.21. The zero-order chi connectivity index (χ0) is 23.9. The monoisotopic (exact) mass is 465 g/mol. The number of rotatable bonds is 7. The van der Waals surface area contributed by atoms with Gasteiger partial charge in [0.2, 0.25) is 17.7 Å². The molecular formula is C25H31N5O4. The molecule has 2 N–H and O–H groups in total. The zero-order valence-electron chi connectivity index (χ0n) is 19.4. The number of amides is 3. The van der Waals surface area contributed by atoms with Crippen molar-refractivity contribution >= 4 is 29.1 Å². The summed E-state index contributed by atoms with van der Waals surface area (Å²) in [5.41, 5.74) is 1.71. The summed E-state index contributed by atoms with van der Waals surface area (Å²) in [6.07, 6.45) is -0.114. The highest BCUT2D eigenvalue weighted by atomic mass is 16.5. The summed E-state index contributed by atoms with van der Waals surface area (Å²) in [6, 6.07) is 16.5. The minimum atomic E-state index is -0.832. The minimum Gasteiger partial charge on any atom is -0.495 e. The van der Waals surface area contributed by atoms with Crippen molar-refractivity contribution in [1.29, 1.82) is 0 Å². The topological polar surface area (TPSA) is 94.2 Å². The van der Waals surface area contributed by atoms with Gasteiger partial charge in [0.1, 0.15) is 11.8 Å². The molecule has 0 spiro atoms. The summed E-state index contributed by atoms with van der Waals surface area (Å²) in [5.74, 6) is -0.242. The van der Waals surface area contributed by atoms with Gasteiger partial charge in [-0.15, -0.1) is 0 Å². The molecule has 3 amide bonds. The number of nitrogens with zero attached hydrogens (tertiary/aromatic N) is 3. The van der Waals surface area contributed by atoms with Gasteiger partial charge in [-0.05, 0) is 24.3 Å². The van der Waals surface area contributed by atoms with E-state index in [1.165, 1.54) is 12.8 Å². The fourth-order valence-corrected chi connectivity index (χ4v) is 4.43. The number of carbonyl (C=O) groups excluding carboxylic acids is 3. The molecule has 0 bridgehead atoms. The van der Waals surface area contributed by atoms with Gasteiger partial charge in [0.25, 0.3) is 0 Å². The van der Waals surface area contributed by atoms with Gasteiger partial charge in [0, 0.05) is 45.0 Å². The van der Waals surface area contributed by atoms with Crippen LogP contribution in [-0.2, 0) is 14.4 Å². The molecule has 9 nitrogen and oxygen atoms in total. The SMILES string of the molecule is COc1ccccc1NC(=O)CC1C(=O)NCCN1C(=O)CN1CCN(c2ccccc2)CC1. The Morgan fingerprint density at radius 3 is 2.44 bits per heavy atom. The maximum atomic E-state index is 13.2. The largest absolute Gasteiger partial charge is 0.495 e. The maximum Gasteiger partial charge on any atom is 0.243 e. The van der Waals surface area contributed by atoms with Crippen LogP contribution >= 0.6 is 0 Å². The van der Waals surface area contributed by atoms with Crippen molar-refractivity contribution in [2.45, 2.75) is 12.5 Å². The smallest absolute Gasteiger partial charge is 0.243 e. The molecule has 2 fully saturated rings. The van der Waals surface area contributed by atoms with Gasteiger partial charge < -0.3 is 25.2 Å². The van der Waals surface area contributed by atoms with Crippen LogP contribution in [0.3, 0.4) is 0 Å². The number of anilines is 2. The summed E-state index contributed by atoms with van der Waals surface area (Å²) >= 11 is 0. The van der Waals surface area contributed by atoms with Crippen LogP contribution in [0.2, 0.25) is 0 Å². The van der Waals surface area contributed by atoms with E-state index in [2.05, 4.69) is 32.6 Å². The molecule has 0 radical (unpaired) electrons. The first-order valence-corrected chi connectivity index (χ1v) is 11.6. The molecule has 2 aromatic carbocycles. The molecule has 180 valence electrons. The lowest BCUT2D eigenvalue weighted by Gasteiger charge is -2.39. The normalized spacial score (nSPS) is 18.9. The molecule has 0 saturated carbocycles. The number of ether oxygens (including phenoxy) is 1. The number of nitrogens with one attached hydrogen (secondary N) is 2. The highest BCUT2D eigenvalue weighted by Crippen LogP contribution is 2.24. The molecule has 9 heteroatoms. The standard InChI is InChI=1S/C25H31N5O4/c1-34-22-10-6-5-9-20(22)27-23(31)17-21-25(33)26-11-12-30(21)24(32)18-28-13-15-29(16-14-28)19-7-3-2-4-8-19/h2-10,21H,11-18H2,1H3,(H,26,33)(H,27,31). The third-order valence-corrected chi connectivity index (χ3v) is 6.26. The van der Waals surface area contributed by atoms with Crippen LogP contribution in [0, 0.1) is 0 Å². The maximum absolute atomic E-state index is 13.2. The Bertz CT molecular complexity index is 1010. The molecule has 34 heavy (non-hydrogen) atoms. The molecule has 2 heterocycles. The number of benzene rings is 2. The lowest BCUT2D eigenvalue weighted by Crippen LogP contribution is -2.60. The Hall–Kier alpha value is -3.59. The Morgan fingerprint density at radius 2 is 1.71 bits per heavy atom. The van der Waals surface area contributed by atoms with E-state index in [0.29, 0.717) is 24.5 Å². The molecule has 2 aliphatic heterocycles. The van der Waals surface area contributed by atoms with Crippen molar-refractivity contribution in [2.75, 3.05) is 63.1 Å². The van der Waals surface area contributed by atoms with Gasteiger partial charge in [-0.2, -0.15) is 0 Å². The summed E-state index contributed by atoms with van der Waals surface area (Å²) in [5, 5.41) is 5.57. The molecule has 0 aliphatic carbocycles. The van der Waals surface area contributed by atoms with Crippen molar-refractivity contribution in [3.8, 4) is 5.75 Å². The summed E-state index contributed by atoms with van der Waals surface area (Å²) in [7, 11) is 1.53. The molecule has 2 aliphatic rings. The summed E-state index contributed by atoms with van der Waals surface area (Å²) < 4.78 is 5.27. The predicted molar refractivity (Wildman–Crippen MR) is 130 cm³/mol. The van der Waals surface area contributed by atoms with Crippen LogP contribution < -0.4 is 20.3 Å². The molecule has 1 atom stereocenters. The average molecular weight is 466 g/mol. The molecular weight excluding hydrogens is 434 g/mol. The van der Waals surface area contributed by atoms with E-state index in [4.69, 9.17) is 4.74 Å². The minimum absolute atomic E-state index is 0.114. The number of methoxy groups -OCH3 is 1. The number of carbonyl (C=O) groups is 3. The lowest BCUT2D eigenvalue weighted by molar-refractivity contribution is -0.145. The van der Waals surface area contributed by atoms with Crippen LogP contribution in [0.4, 0.5) is 11.4 Å². The highest BCUT2D eigenvalue weighted by Gasteiger charge is 2.35. The Labute approximate surface area is 199 Å². The third-order valence-electron chi connectivity index (χ3n) is 6.26. The Morgan fingerprint density at radius 1 is 1.00 bits per heavy atom. The first kappa shape index (κ1) is 23.6. The van der Waals surface area contributed by atoms with Gasteiger partial charge in [-0.25, -0.2) is 0 Å². The van der Waals surface area contributed by atoms with Crippen molar-refractivity contribution in [1.82, 2.24) is 15.1 Å². The van der Waals surface area contributed by atoms with Crippen LogP contribution in [0.1, 0.15) is 6.42 Å². The summed E-state index contributed by atoms with van der Waals surface area (Å²) in [4.78, 5) is 44.4. The van der Waals surface area contributed by atoms with Crippen LogP contribution in [0.25, 0.3) is 0 Å². The van der Waals surface area contributed by atoms with E-state index in [1.54, 1.807) is 23.1 Å². The molecule has 0 aromatic heterocycles. The second kappa shape index (κ2) is 11.0. The molecule has 4 rings (SSSR count). The quantitative estimate of drug-likeness (QED) is 0.638. The number of hydrogen-bond donors (Lipinski definition) is 2. The van der Waals surface area contributed by atoms with Crippen molar-refractivity contribution in [2.24, 2.45) is 0 Å². The lowest BCUT2D eigenvalue weighted by atomic mass is 10.1. The zero-order valence-corrected chi connectivity index (χ0v) is 19.4. The van der Waals surface area contributed by atoms with Crippen LogP contribution in [-0.4, -0.2) is 86.5 Å². The average Bonchev–Trinajstić information content (AvgIpc) is 2.86. The third kappa shape index (κ3) is 5.66. The predicted octanol–water partition coefficient (Wildman–Crippen LogP) is 1.17. The van der Waals surface area contributed by atoms with E-state index in [1.807, 2.05) is 24.3 Å². The van der Waals surface area contributed by atoms with Gasteiger partial charge in [-0.1, -0.05) is 30.3 Å². The first-order chi connectivity index (χ1) is 16.5. The fraction of sp³-hybridized carbons (Fsp3) is 0.400. The highest BCUT2D eigenvalue weighted by molar-refractivity contribution is 5.98. The number of piperazine rings is 2. The van der Waals surface area contributed by atoms with Crippen molar-refractivity contribution in [3.63, 3.8) is 0 Å². The van der Waals surface area contributed by atoms with Crippen LogP contribution in [0.5, 0.6) is 5.75 Å². The van der Waals surface area contributed by atoms with E-state index in [0.717, 1.165) is 26.2 Å². The number of hydrogen-bond acceptors (Lipinski definition) is 6. The molecule has 1 unspecified atom stereocenters. The van der Waals surface area contributed by atoms with Gasteiger partial charge in [0.15, 0.2) is 0 Å². The Kier molecular flexibility index (Phi) is 7.64. The van der Waals surface area contributed by atoms with Gasteiger partial charge in [-0.3, -0.25) is 19.3 Å². The second-order valence-corrected chi connectivity index (χ2v) is 8.45. The van der Waals surface area contributed by atoms with Gasteiger partial charge in [0.05, 0.1) is 25.8 Å². The first-order valence-electron chi connectivity index (χ1n) is 11.6. The van der Waals surface area contributed by atoms with Crippen LogP contribution in [0.15, 0.2) is 54.6 Å². The second-order valence-electron chi connectivity index (χ2n) is 8.45. The van der Waals surface area contributed by atoms with Crippen molar-refractivity contribution < 1.29 is 19.1 Å². The molecule has 2 saturated heterocycles. The van der Waals surface area contributed by atoms with Crippen molar-refractivity contribution in [3.05, 3.63) is 54.6 Å². The Balaban J connectivity index is 1.34. The van der Waals surface area contributed by atoms with E-state index < -0.39 is 6.04 Å². The molecule has 2 aromatic rings.